The lowest BCUT2D eigenvalue weighted by Crippen LogP contribution is -2.37. The number of amides is 1. The Labute approximate surface area is 185 Å². The minimum absolute atomic E-state index is 0.231. The fourth-order valence-electron chi connectivity index (χ4n) is 3.69. The summed E-state index contributed by atoms with van der Waals surface area (Å²) in [7, 11) is 1.63. The topological polar surface area (TPSA) is 81.2 Å². The van der Waals surface area contributed by atoms with Gasteiger partial charge in [-0.25, -0.2) is 4.39 Å². The molecule has 0 aliphatic carbocycles. The first-order chi connectivity index (χ1) is 15.7. The molecule has 0 unspecified atom stereocenters. The first-order valence-corrected chi connectivity index (χ1v) is 10.6. The number of nitrogens with zero attached hydrogens (tertiary/aromatic N) is 3. The molecule has 0 bridgehead atoms. The molecule has 4 rings (SSSR count). The number of hydrogen-bond donors (Lipinski definition) is 0. The normalized spacial score (nSPS) is 14.0. The molecule has 3 aromatic rings. The third-order valence-corrected chi connectivity index (χ3v) is 5.33. The highest BCUT2D eigenvalue weighted by atomic mass is 19.1. The molecule has 2 aromatic heterocycles. The Bertz CT molecular complexity index is 997. The number of rotatable bonds is 9. The maximum atomic E-state index is 13.5. The molecule has 1 aromatic carbocycles. The van der Waals surface area contributed by atoms with Gasteiger partial charge in [0.25, 0.3) is 5.91 Å². The molecule has 9 heteroatoms. The van der Waals surface area contributed by atoms with E-state index >= 15 is 0 Å². The number of morpholine rings is 1. The second-order valence-electron chi connectivity index (χ2n) is 7.47. The second kappa shape index (κ2) is 10.4. The zero-order valence-electron chi connectivity index (χ0n) is 18.0. The van der Waals surface area contributed by atoms with E-state index in [9.17, 15) is 9.18 Å². The summed E-state index contributed by atoms with van der Waals surface area (Å²) in [5.41, 5.74) is 2.05. The molecule has 0 N–H and O–H groups in total. The number of aromatic nitrogens is 1. The van der Waals surface area contributed by atoms with E-state index in [0.717, 1.165) is 5.56 Å². The predicted molar refractivity (Wildman–Crippen MR) is 115 cm³/mol. The Morgan fingerprint density at radius 1 is 1.22 bits per heavy atom. The van der Waals surface area contributed by atoms with Crippen LogP contribution in [0.2, 0.25) is 0 Å². The largest absolute Gasteiger partial charge is 0.459 e. The van der Waals surface area contributed by atoms with Gasteiger partial charge in [0.15, 0.2) is 5.76 Å². The van der Waals surface area contributed by atoms with Gasteiger partial charge in [-0.05, 0) is 42.8 Å². The second-order valence-corrected chi connectivity index (χ2v) is 7.47. The van der Waals surface area contributed by atoms with Crippen LogP contribution in [0.25, 0.3) is 11.3 Å². The molecule has 0 radical (unpaired) electrons. The Hall–Kier alpha value is -3.17. The molecule has 32 heavy (non-hydrogen) atoms. The van der Waals surface area contributed by atoms with E-state index in [2.05, 4.69) is 10.1 Å². The van der Waals surface area contributed by atoms with Crippen molar-refractivity contribution in [3.63, 3.8) is 0 Å². The number of methoxy groups -OCH3 is 1. The standard InChI is InChI=1S/C23H26FN3O5/c1-29-12-3-9-27(22(28)20-4-2-13-31-20)16-19-21(17-5-7-18(24)8-6-17)25-32-23(19)26-10-14-30-15-11-26/h2,4-8,13H,3,9-12,14-16H2,1H3. The van der Waals surface area contributed by atoms with Crippen molar-refractivity contribution in [2.75, 3.05) is 51.5 Å². The van der Waals surface area contributed by atoms with E-state index < -0.39 is 0 Å². The van der Waals surface area contributed by atoms with Crippen molar-refractivity contribution in [3.8, 4) is 11.3 Å². The van der Waals surface area contributed by atoms with Gasteiger partial charge in [0.2, 0.25) is 5.88 Å². The van der Waals surface area contributed by atoms with Crippen molar-refractivity contribution in [3.05, 3.63) is 59.8 Å². The quantitative estimate of drug-likeness (QED) is 0.468. The smallest absolute Gasteiger partial charge is 0.289 e. The summed E-state index contributed by atoms with van der Waals surface area (Å²) in [6.45, 7) is 3.70. The summed E-state index contributed by atoms with van der Waals surface area (Å²) in [5, 5.41) is 4.30. The molecular formula is C23H26FN3O5. The van der Waals surface area contributed by atoms with Gasteiger partial charge < -0.3 is 28.2 Å². The molecule has 8 nitrogen and oxygen atoms in total. The average Bonchev–Trinajstić information content (AvgIpc) is 3.50. The van der Waals surface area contributed by atoms with Crippen molar-refractivity contribution in [1.29, 1.82) is 0 Å². The molecule has 1 aliphatic heterocycles. The monoisotopic (exact) mass is 443 g/mol. The van der Waals surface area contributed by atoms with Gasteiger partial charge in [-0.3, -0.25) is 4.79 Å². The zero-order chi connectivity index (χ0) is 22.3. The van der Waals surface area contributed by atoms with Gasteiger partial charge in [0, 0.05) is 38.9 Å². The van der Waals surface area contributed by atoms with E-state index in [-0.39, 0.29) is 24.0 Å². The van der Waals surface area contributed by atoms with Crippen LogP contribution in [-0.4, -0.2) is 62.5 Å². The maximum Gasteiger partial charge on any atom is 0.289 e. The maximum absolute atomic E-state index is 13.5. The average molecular weight is 443 g/mol. The van der Waals surface area contributed by atoms with Crippen molar-refractivity contribution >= 4 is 11.8 Å². The van der Waals surface area contributed by atoms with Gasteiger partial charge in [0.05, 0.1) is 31.6 Å². The van der Waals surface area contributed by atoms with Crippen molar-refractivity contribution in [2.24, 2.45) is 0 Å². The molecule has 0 atom stereocenters. The van der Waals surface area contributed by atoms with Crippen molar-refractivity contribution < 1.29 is 27.6 Å². The van der Waals surface area contributed by atoms with E-state index in [1.54, 1.807) is 36.3 Å². The fraction of sp³-hybridized carbons (Fsp3) is 0.391. The van der Waals surface area contributed by atoms with Gasteiger partial charge in [-0.2, -0.15) is 0 Å². The minimum Gasteiger partial charge on any atom is -0.459 e. The number of halogens is 1. The predicted octanol–water partition coefficient (Wildman–Crippen LogP) is 3.59. The van der Waals surface area contributed by atoms with Crippen LogP contribution in [0.4, 0.5) is 10.3 Å². The number of carbonyl (C=O) groups excluding carboxylic acids is 1. The molecule has 3 heterocycles. The number of ether oxygens (including phenoxy) is 2. The molecular weight excluding hydrogens is 417 g/mol. The third-order valence-electron chi connectivity index (χ3n) is 5.33. The number of anilines is 1. The molecule has 170 valence electrons. The van der Waals surface area contributed by atoms with Gasteiger partial charge in [-0.15, -0.1) is 0 Å². The first-order valence-electron chi connectivity index (χ1n) is 10.6. The van der Waals surface area contributed by atoms with Crippen LogP contribution in [-0.2, 0) is 16.0 Å². The highest BCUT2D eigenvalue weighted by Gasteiger charge is 2.28. The summed E-state index contributed by atoms with van der Waals surface area (Å²) in [5.74, 6) is 0.290. The Balaban J connectivity index is 1.69. The summed E-state index contributed by atoms with van der Waals surface area (Å²) in [4.78, 5) is 16.9. The van der Waals surface area contributed by atoms with Crippen LogP contribution >= 0.6 is 0 Å². The van der Waals surface area contributed by atoms with Crippen LogP contribution in [0.5, 0.6) is 0 Å². The highest BCUT2D eigenvalue weighted by molar-refractivity contribution is 5.91. The Morgan fingerprint density at radius 3 is 2.69 bits per heavy atom. The number of carbonyl (C=O) groups is 1. The minimum atomic E-state index is -0.332. The SMILES string of the molecule is COCCCN(Cc1c(-c2ccc(F)cc2)noc1N1CCOCC1)C(=O)c1ccco1. The summed E-state index contributed by atoms with van der Waals surface area (Å²) in [6, 6.07) is 9.40. The third kappa shape index (κ3) is 5.00. The van der Waals surface area contributed by atoms with Gasteiger partial charge in [0.1, 0.15) is 11.5 Å². The van der Waals surface area contributed by atoms with Gasteiger partial charge >= 0.3 is 0 Å². The number of furan rings is 1. The highest BCUT2D eigenvalue weighted by Crippen LogP contribution is 2.33. The molecule has 0 spiro atoms. The van der Waals surface area contributed by atoms with Crippen LogP contribution in [0.15, 0.2) is 51.6 Å². The van der Waals surface area contributed by atoms with Crippen molar-refractivity contribution in [2.45, 2.75) is 13.0 Å². The van der Waals surface area contributed by atoms with Crippen LogP contribution < -0.4 is 4.90 Å². The number of hydrogen-bond acceptors (Lipinski definition) is 7. The zero-order valence-corrected chi connectivity index (χ0v) is 18.0. The molecule has 1 amide bonds. The lowest BCUT2D eigenvalue weighted by atomic mass is 10.1. The summed E-state index contributed by atoms with van der Waals surface area (Å²) < 4.78 is 35.2. The fourth-order valence-corrected chi connectivity index (χ4v) is 3.69. The van der Waals surface area contributed by atoms with Crippen molar-refractivity contribution in [1.82, 2.24) is 10.1 Å². The summed E-state index contributed by atoms with van der Waals surface area (Å²) >= 11 is 0. The Morgan fingerprint density at radius 2 is 2.00 bits per heavy atom. The molecule has 1 aliphatic rings. The van der Waals surface area contributed by atoms with Gasteiger partial charge in [-0.1, -0.05) is 5.16 Å². The lowest BCUT2D eigenvalue weighted by Gasteiger charge is -2.28. The molecule has 1 fully saturated rings. The van der Waals surface area contributed by atoms with E-state index in [4.69, 9.17) is 18.4 Å². The van der Waals surface area contributed by atoms with Crippen LogP contribution in [0, 0.1) is 5.82 Å². The number of benzene rings is 1. The van der Waals surface area contributed by atoms with Crippen LogP contribution in [0.3, 0.4) is 0 Å². The van der Waals surface area contributed by atoms with Crippen LogP contribution in [0.1, 0.15) is 22.5 Å². The Kier molecular flexibility index (Phi) is 7.18. The van der Waals surface area contributed by atoms with E-state index in [0.29, 0.717) is 63.0 Å². The summed E-state index contributed by atoms with van der Waals surface area (Å²) in [6.07, 6.45) is 2.13. The first kappa shape index (κ1) is 22.0. The van der Waals surface area contributed by atoms with E-state index in [1.807, 2.05) is 0 Å². The molecule has 1 saturated heterocycles. The molecule has 0 saturated carbocycles. The van der Waals surface area contributed by atoms with E-state index in [1.165, 1.54) is 18.4 Å². The lowest BCUT2D eigenvalue weighted by molar-refractivity contribution is 0.0691.